The van der Waals surface area contributed by atoms with Crippen molar-refractivity contribution in [3.63, 3.8) is 0 Å². The lowest BCUT2D eigenvalue weighted by atomic mass is 10.2. The van der Waals surface area contributed by atoms with Gasteiger partial charge in [-0.05, 0) is 12.2 Å². The van der Waals surface area contributed by atoms with Crippen LogP contribution in [-0.2, 0) is 0 Å². The van der Waals surface area contributed by atoms with Crippen molar-refractivity contribution in [2.24, 2.45) is 5.73 Å². The Kier molecular flexibility index (Phi) is 3.60. The zero-order valence-corrected chi connectivity index (χ0v) is 8.41. The minimum absolute atomic E-state index is 0.165. The molecular formula is C8H9N3S2. The van der Waals surface area contributed by atoms with Gasteiger partial charge in [0.1, 0.15) is 4.99 Å². The molecule has 5 heteroatoms. The number of hydrogen-bond donors (Lipinski definition) is 3. The largest absolute Gasteiger partial charge is 0.375 e. The Hall–Kier alpha value is -1.20. The Bertz CT molecular complexity index is 310. The summed E-state index contributed by atoms with van der Waals surface area (Å²) in [5.74, 6) is 0. The van der Waals surface area contributed by atoms with E-state index >= 15 is 0 Å². The predicted molar refractivity (Wildman–Crippen MR) is 61.2 cm³/mol. The SMILES string of the molecule is NC(=S)NNC(=S)c1ccccc1. The third kappa shape index (κ3) is 3.35. The highest BCUT2D eigenvalue weighted by Crippen LogP contribution is 1.97. The summed E-state index contributed by atoms with van der Waals surface area (Å²) in [6.07, 6.45) is 0. The quantitative estimate of drug-likeness (QED) is 0.471. The minimum Gasteiger partial charge on any atom is -0.375 e. The first kappa shape index (κ1) is 9.88. The summed E-state index contributed by atoms with van der Waals surface area (Å²) in [6.45, 7) is 0. The van der Waals surface area contributed by atoms with Gasteiger partial charge < -0.3 is 5.73 Å². The number of rotatable bonds is 1. The third-order valence-electron chi connectivity index (χ3n) is 1.34. The van der Waals surface area contributed by atoms with E-state index in [0.29, 0.717) is 4.99 Å². The summed E-state index contributed by atoms with van der Waals surface area (Å²) in [5, 5.41) is 0.165. The Morgan fingerprint density at radius 3 is 2.23 bits per heavy atom. The van der Waals surface area contributed by atoms with Crippen molar-refractivity contribution in [2.75, 3.05) is 0 Å². The third-order valence-corrected chi connectivity index (χ3v) is 1.78. The standard InChI is InChI=1S/C8H9N3S2/c9-8(13)11-10-7(12)6-4-2-1-3-5-6/h1-5H,(H,10,12)(H3,9,11,13). The highest BCUT2D eigenvalue weighted by atomic mass is 32.1. The van der Waals surface area contributed by atoms with Crippen molar-refractivity contribution >= 4 is 34.5 Å². The maximum absolute atomic E-state index is 5.22. The molecule has 1 aromatic carbocycles. The Balaban J connectivity index is 2.54. The molecule has 68 valence electrons. The molecule has 4 N–H and O–H groups in total. The van der Waals surface area contributed by atoms with E-state index in [9.17, 15) is 0 Å². The van der Waals surface area contributed by atoms with E-state index in [1.807, 2.05) is 30.3 Å². The van der Waals surface area contributed by atoms with Crippen molar-refractivity contribution in [2.45, 2.75) is 0 Å². The van der Waals surface area contributed by atoms with Gasteiger partial charge >= 0.3 is 0 Å². The molecule has 1 rings (SSSR count). The first-order valence-corrected chi connectivity index (χ1v) is 4.42. The second-order valence-corrected chi connectivity index (χ2v) is 3.16. The molecule has 0 aromatic heterocycles. The van der Waals surface area contributed by atoms with E-state index in [0.717, 1.165) is 5.56 Å². The van der Waals surface area contributed by atoms with Gasteiger partial charge in [-0.25, -0.2) is 0 Å². The molecule has 0 atom stereocenters. The molecule has 0 fully saturated rings. The molecule has 0 aliphatic rings. The zero-order valence-electron chi connectivity index (χ0n) is 6.78. The Morgan fingerprint density at radius 2 is 1.69 bits per heavy atom. The van der Waals surface area contributed by atoms with Gasteiger partial charge in [-0.3, -0.25) is 10.9 Å². The summed E-state index contributed by atoms with van der Waals surface area (Å²) in [4.78, 5) is 0.563. The fraction of sp³-hybridized carbons (Fsp3) is 0. The van der Waals surface area contributed by atoms with E-state index in [2.05, 4.69) is 23.1 Å². The normalized spacial score (nSPS) is 8.92. The summed E-state index contributed by atoms with van der Waals surface area (Å²) < 4.78 is 0. The van der Waals surface area contributed by atoms with Crippen LogP contribution in [0.15, 0.2) is 30.3 Å². The van der Waals surface area contributed by atoms with E-state index in [4.69, 9.17) is 18.0 Å². The predicted octanol–water partition coefficient (Wildman–Crippen LogP) is 0.700. The molecule has 3 nitrogen and oxygen atoms in total. The van der Waals surface area contributed by atoms with Crippen LogP contribution in [0.25, 0.3) is 0 Å². The molecule has 0 radical (unpaired) electrons. The fourth-order valence-electron chi connectivity index (χ4n) is 0.780. The van der Waals surface area contributed by atoms with Crippen LogP contribution in [0.3, 0.4) is 0 Å². The number of hydrogen-bond acceptors (Lipinski definition) is 2. The highest BCUT2D eigenvalue weighted by Gasteiger charge is 1.97. The molecule has 0 heterocycles. The fourth-order valence-corrected chi connectivity index (χ4v) is 1.02. The Labute approximate surface area is 87.3 Å². The molecule has 0 aliphatic heterocycles. The molecular weight excluding hydrogens is 202 g/mol. The van der Waals surface area contributed by atoms with Gasteiger partial charge in [-0.1, -0.05) is 42.5 Å². The monoisotopic (exact) mass is 211 g/mol. The maximum atomic E-state index is 5.22. The van der Waals surface area contributed by atoms with E-state index in [1.165, 1.54) is 0 Å². The van der Waals surface area contributed by atoms with Crippen molar-refractivity contribution in [1.82, 2.24) is 10.9 Å². The molecule has 0 spiro atoms. The van der Waals surface area contributed by atoms with Crippen LogP contribution in [0, 0.1) is 0 Å². The average Bonchev–Trinajstić information content (AvgIpc) is 2.15. The second kappa shape index (κ2) is 4.74. The lowest BCUT2D eigenvalue weighted by Crippen LogP contribution is -2.43. The first-order valence-electron chi connectivity index (χ1n) is 3.61. The maximum Gasteiger partial charge on any atom is 0.182 e. The number of hydrazine groups is 1. The molecule has 0 bridgehead atoms. The van der Waals surface area contributed by atoms with Crippen molar-refractivity contribution < 1.29 is 0 Å². The molecule has 0 amide bonds. The summed E-state index contributed by atoms with van der Waals surface area (Å²) in [5.41, 5.74) is 11.4. The van der Waals surface area contributed by atoms with Gasteiger partial charge in [0, 0.05) is 5.56 Å². The minimum atomic E-state index is 0.165. The molecule has 0 saturated heterocycles. The molecule has 0 unspecified atom stereocenters. The van der Waals surface area contributed by atoms with Crippen LogP contribution in [0.1, 0.15) is 5.56 Å². The molecule has 0 saturated carbocycles. The number of nitrogens with two attached hydrogens (primary N) is 1. The first-order chi connectivity index (χ1) is 6.20. The topological polar surface area (TPSA) is 50.1 Å². The van der Waals surface area contributed by atoms with E-state index in [1.54, 1.807) is 0 Å². The zero-order chi connectivity index (χ0) is 9.68. The van der Waals surface area contributed by atoms with Crippen LogP contribution in [0.5, 0.6) is 0 Å². The summed E-state index contributed by atoms with van der Waals surface area (Å²) in [6, 6.07) is 9.54. The number of benzene rings is 1. The van der Waals surface area contributed by atoms with Crippen LogP contribution in [0.2, 0.25) is 0 Å². The van der Waals surface area contributed by atoms with Crippen LogP contribution in [-0.4, -0.2) is 10.1 Å². The van der Waals surface area contributed by atoms with Gasteiger partial charge in [-0.2, -0.15) is 0 Å². The van der Waals surface area contributed by atoms with Crippen LogP contribution >= 0.6 is 24.4 Å². The second-order valence-electron chi connectivity index (χ2n) is 2.31. The van der Waals surface area contributed by atoms with Crippen molar-refractivity contribution in [3.05, 3.63) is 35.9 Å². The number of thiocarbonyl (C=S) groups is 2. The summed E-state index contributed by atoms with van der Waals surface area (Å²) >= 11 is 9.66. The van der Waals surface area contributed by atoms with Gasteiger partial charge in [0.2, 0.25) is 0 Å². The smallest absolute Gasteiger partial charge is 0.182 e. The highest BCUT2D eigenvalue weighted by molar-refractivity contribution is 7.81. The van der Waals surface area contributed by atoms with Crippen molar-refractivity contribution in [3.8, 4) is 0 Å². The molecule has 0 aliphatic carbocycles. The van der Waals surface area contributed by atoms with E-state index in [-0.39, 0.29) is 5.11 Å². The van der Waals surface area contributed by atoms with Gasteiger partial charge in [0.05, 0.1) is 0 Å². The Morgan fingerprint density at radius 1 is 1.08 bits per heavy atom. The van der Waals surface area contributed by atoms with Gasteiger partial charge in [-0.15, -0.1) is 0 Å². The lowest BCUT2D eigenvalue weighted by molar-refractivity contribution is 0.882. The lowest BCUT2D eigenvalue weighted by Gasteiger charge is -2.08. The molecule has 1 aromatic rings. The van der Waals surface area contributed by atoms with Gasteiger partial charge in [0.15, 0.2) is 5.11 Å². The van der Waals surface area contributed by atoms with Crippen molar-refractivity contribution in [1.29, 1.82) is 0 Å². The van der Waals surface area contributed by atoms with Crippen LogP contribution in [0.4, 0.5) is 0 Å². The summed E-state index contributed by atoms with van der Waals surface area (Å²) in [7, 11) is 0. The average molecular weight is 211 g/mol. The number of nitrogens with one attached hydrogen (secondary N) is 2. The van der Waals surface area contributed by atoms with E-state index < -0.39 is 0 Å². The van der Waals surface area contributed by atoms with Gasteiger partial charge in [0.25, 0.3) is 0 Å². The van der Waals surface area contributed by atoms with Crippen LogP contribution < -0.4 is 16.6 Å². The molecule has 13 heavy (non-hydrogen) atoms.